The third-order valence-electron chi connectivity index (χ3n) is 2.82. The zero-order valence-corrected chi connectivity index (χ0v) is 17.0. The van der Waals surface area contributed by atoms with Crippen molar-refractivity contribution in [3.63, 3.8) is 0 Å². The molecule has 0 aliphatic rings. The number of thioether (sulfide) groups is 1. The highest BCUT2D eigenvalue weighted by molar-refractivity contribution is 9.10. The number of carbonyl (C=O) groups is 2. The van der Waals surface area contributed by atoms with E-state index in [1.807, 2.05) is 0 Å². The van der Waals surface area contributed by atoms with Gasteiger partial charge in [0.25, 0.3) is 5.91 Å². The molecule has 1 aromatic carbocycles. The lowest BCUT2D eigenvalue weighted by Gasteiger charge is -2.14. The summed E-state index contributed by atoms with van der Waals surface area (Å²) in [5.74, 6) is -0.723. The summed E-state index contributed by atoms with van der Waals surface area (Å²) in [6.45, 7) is 3.61. The molecule has 140 valence electrons. The van der Waals surface area contributed by atoms with E-state index in [1.54, 1.807) is 13.8 Å². The topological polar surface area (TPSA) is 90.4 Å². The molecule has 0 unspecified atom stereocenters. The molecular weight excluding hydrogens is 449 g/mol. The third kappa shape index (κ3) is 6.22. The molecular formula is C15H15BrFN3O4S2. The number of nitrogens with one attached hydrogen (secondary N) is 1. The normalized spacial score (nSPS) is 11.7. The lowest BCUT2D eigenvalue weighted by molar-refractivity contribution is -0.139. The van der Waals surface area contributed by atoms with Crippen molar-refractivity contribution in [3.8, 4) is 5.75 Å². The molecule has 1 amide bonds. The van der Waals surface area contributed by atoms with Crippen LogP contribution in [0.5, 0.6) is 5.75 Å². The van der Waals surface area contributed by atoms with Gasteiger partial charge in [0.2, 0.25) is 5.13 Å². The molecule has 11 heteroatoms. The zero-order chi connectivity index (χ0) is 19.1. The molecule has 26 heavy (non-hydrogen) atoms. The number of halogens is 2. The van der Waals surface area contributed by atoms with Crippen LogP contribution in [0.2, 0.25) is 0 Å². The van der Waals surface area contributed by atoms with Crippen LogP contribution in [-0.2, 0) is 14.3 Å². The number of hydrogen-bond donors (Lipinski definition) is 1. The average molecular weight is 464 g/mol. The van der Waals surface area contributed by atoms with Crippen LogP contribution in [0.4, 0.5) is 9.52 Å². The summed E-state index contributed by atoms with van der Waals surface area (Å²) < 4.78 is 24.4. The van der Waals surface area contributed by atoms with Crippen LogP contribution in [0.3, 0.4) is 0 Å². The Kier molecular flexibility index (Phi) is 7.79. The first kappa shape index (κ1) is 20.6. The number of ether oxygens (including phenoxy) is 2. The van der Waals surface area contributed by atoms with Crippen molar-refractivity contribution in [2.24, 2.45) is 0 Å². The Balaban J connectivity index is 1.87. The minimum absolute atomic E-state index is 0.120. The second-order valence-electron chi connectivity index (χ2n) is 4.79. The summed E-state index contributed by atoms with van der Waals surface area (Å²) in [5.41, 5.74) is 0. The lowest BCUT2D eigenvalue weighted by Crippen LogP contribution is -2.30. The first-order valence-electron chi connectivity index (χ1n) is 7.43. The predicted octanol–water partition coefficient (Wildman–Crippen LogP) is 3.50. The fourth-order valence-electron chi connectivity index (χ4n) is 1.66. The molecule has 0 fully saturated rings. The van der Waals surface area contributed by atoms with Gasteiger partial charge in [0.15, 0.2) is 10.4 Å². The monoisotopic (exact) mass is 463 g/mol. The quantitative estimate of drug-likeness (QED) is 0.363. The van der Waals surface area contributed by atoms with Crippen LogP contribution in [0.25, 0.3) is 0 Å². The highest BCUT2D eigenvalue weighted by Gasteiger charge is 2.18. The second-order valence-corrected chi connectivity index (χ2v) is 7.85. The van der Waals surface area contributed by atoms with Gasteiger partial charge in [-0.3, -0.25) is 14.9 Å². The van der Waals surface area contributed by atoms with Crippen molar-refractivity contribution in [2.75, 3.05) is 17.7 Å². The van der Waals surface area contributed by atoms with Gasteiger partial charge in [0.1, 0.15) is 11.6 Å². The van der Waals surface area contributed by atoms with Crippen LogP contribution in [-0.4, -0.2) is 40.5 Å². The molecule has 0 bridgehead atoms. The summed E-state index contributed by atoms with van der Waals surface area (Å²) >= 11 is 5.49. The van der Waals surface area contributed by atoms with Gasteiger partial charge in [-0.25, -0.2) is 4.39 Å². The fourth-order valence-corrected chi connectivity index (χ4v) is 3.66. The molecule has 1 heterocycles. The van der Waals surface area contributed by atoms with Gasteiger partial charge in [-0.2, -0.15) is 0 Å². The highest BCUT2D eigenvalue weighted by atomic mass is 79.9. The van der Waals surface area contributed by atoms with Crippen LogP contribution >= 0.6 is 39.0 Å². The molecule has 0 spiro atoms. The zero-order valence-electron chi connectivity index (χ0n) is 13.8. The van der Waals surface area contributed by atoms with Gasteiger partial charge in [0, 0.05) is 0 Å². The first-order chi connectivity index (χ1) is 12.4. The fraction of sp³-hybridized carbons (Fsp3) is 0.333. The van der Waals surface area contributed by atoms with Crippen molar-refractivity contribution < 1.29 is 23.5 Å². The van der Waals surface area contributed by atoms with Crippen LogP contribution < -0.4 is 10.1 Å². The Bertz CT molecular complexity index is 790. The number of carbonyl (C=O) groups excluding carboxylic acids is 2. The van der Waals surface area contributed by atoms with E-state index >= 15 is 0 Å². The first-order valence-corrected chi connectivity index (χ1v) is 10.0. The standard InChI is InChI=1S/C15H15BrFN3O4S2/c1-3-23-12(21)7-25-15-20-19-14(26-15)18-13(22)8(2)24-11-5-4-9(17)6-10(11)16/h4-6,8H,3,7H2,1-2H3,(H,18,19,22)/t8-/m1/s1. The third-order valence-corrected chi connectivity index (χ3v) is 5.39. The molecule has 0 aliphatic carbocycles. The second kappa shape index (κ2) is 9.83. The Morgan fingerprint density at radius 1 is 1.42 bits per heavy atom. The number of benzene rings is 1. The molecule has 1 atom stereocenters. The largest absolute Gasteiger partial charge is 0.480 e. The number of amides is 1. The molecule has 0 radical (unpaired) electrons. The molecule has 2 aromatic rings. The van der Waals surface area contributed by atoms with E-state index in [1.165, 1.54) is 30.0 Å². The Morgan fingerprint density at radius 3 is 2.88 bits per heavy atom. The molecule has 0 saturated carbocycles. The number of aromatic nitrogens is 2. The average Bonchev–Trinajstić information content (AvgIpc) is 3.03. The smallest absolute Gasteiger partial charge is 0.316 e. The highest BCUT2D eigenvalue weighted by Crippen LogP contribution is 2.28. The van der Waals surface area contributed by atoms with Crippen LogP contribution in [0.1, 0.15) is 13.8 Å². The maximum absolute atomic E-state index is 13.1. The van der Waals surface area contributed by atoms with Gasteiger partial charge in [-0.05, 0) is 48.0 Å². The van der Waals surface area contributed by atoms with Crippen LogP contribution in [0, 0.1) is 5.82 Å². The van der Waals surface area contributed by atoms with E-state index in [9.17, 15) is 14.0 Å². The van der Waals surface area contributed by atoms with E-state index in [-0.39, 0.29) is 16.9 Å². The van der Waals surface area contributed by atoms with Gasteiger partial charge >= 0.3 is 5.97 Å². The molecule has 1 N–H and O–H groups in total. The number of esters is 1. The lowest BCUT2D eigenvalue weighted by atomic mass is 10.3. The molecule has 7 nitrogen and oxygen atoms in total. The number of anilines is 1. The van der Waals surface area contributed by atoms with Gasteiger partial charge < -0.3 is 9.47 Å². The maximum atomic E-state index is 13.1. The van der Waals surface area contributed by atoms with Crippen molar-refractivity contribution in [1.82, 2.24) is 10.2 Å². The van der Waals surface area contributed by atoms with E-state index in [0.717, 1.165) is 11.3 Å². The number of nitrogens with zero attached hydrogens (tertiary/aromatic N) is 2. The van der Waals surface area contributed by atoms with Crippen LogP contribution in [0.15, 0.2) is 27.0 Å². The van der Waals surface area contributed by atoms with Crippen molar-refractivity contribution in [2.45, 2.75) is 24.3 Å². The summed E-state index contributed by atoms with van der Waals surface area (Å²) in [5, 5.41) is 10.6. The van der Waals surface area contributed by atoms with Gasteiger partial charge in [0.05, 0.1) is 16.8 Å². The summed E-state index contributed by atoms with van der Waals surface area (Å²) in [7, 11) is 0. The van der Waals surface area contributed by atoms with E-state index in [2.05, 4.69) is 31.4 Å². The summed E-state index contributed by atoms with van der Waals surface area (Å²) in [6.07, 6.45) is -0.837. The van der Waals surface area contributed by atoms with Gasteiger partial charge in [-0.1, -0.05) is 23.1 Å². The van der Waals surface area contributed by atoms with Crippen molar-refractivity contribution >= 4 is 56.0 Å². The summed E-state index contributed by atoms with van der Waals surface area (Å²) in [6, 6.07) is 3.92. The Morgan fingerprint density at radius 2 is 2.19 bits per heavy atom. The maximum Gasteiger partial charge on any atom is 0.316 e. The minimum atomic E-state index is -0.837. The van der Waals surface area contributed by atoms with Crippen molar-refractivity contribution in [1.29, 1.82) is 0 Å². The predicted molar refractivity (Wildman–Crippen MR) is 100 cm³/mol. The van der Waals surface area contributed by atoms with E-state index in [4.69, 9.17) is 9.47 Å². The van der Waals surface area contributed by atoms with E-state index in [0.29, 0.717) is 21.2 Å². The molecule has 0 aliphatic heterocycles. The van der Waals surface area contributed by atoms with Crippen molar-refractivity contribution in [3.05, 3.63) is 28.5 Å². The summed E-state index contributed by atoms with van der Waals surface area (Å²) in [4.78, 5) is 23.5. The SMILES string of the molecule is CCOC(=O)CSc1nnc(NC(=O)[C@@H](C)Oc2ccc(F)cc2Br)s1. The van der Waals surface area contributed by atoms with Gasteiger partial charge in [-0.15, -0.1) is 10.2 Å². The number of hydrogen-bond acceptors (Lipinski definition) is 8. The molecule has 1 aromatic heterocycles. The Hall–Kier alpha value is -1.72. The molecule has 2 rings (SSSR count). The van der Waals surface area contributed by atoms with E-state index < -0.39 is 17.8 Å². The molecule has 0 saturated heterocycles. The Labute approximate surface area is 165 Å². The minimum Gasteiger partial charge on any atom is -0.480 e. The number of rotatable bonds is 8.